The van der Waals surface area contributed by atoms with E-state index in [1.54, 1.807) is 0 Å². The van der Waals surface area contributed by atoms with Crippen LogP contribution >= 0.6 is 0 Å². The van der Waals surface area contributed by atoms with Crippen molar-refractivity contribution < 1.29 is 18.0 Å². The highest BCUT2D eigenvalue weighted by Gasteiger charge is 2.47. The normalized spacial score (nSPS) is 19.2. The largest absolute Gasteiger partial charge is 0.324 e. The van der Waals surface area contributed by atoms with Gasteiger partial charge < -0.3 is 5.43 Å². The molecule has 0 aromatic heterocycles. The second-order valence-electron chi connectivity index (χ2n) is 5.12. The zero-order valence-corrected chi connectivity index (χ0v) is 12.4. The van der Waals surface area contributed by atoms with Crippen molar-refractivity contribution in [3.8, 4) is 0 Å². The Morgan fingerprint density at radius 2 is 1.81 bits per heavy atom. The van der Waals surface area contributed by atoms with Crippen LogP contribution in [0.15, 0.2) is 29.2 Å². The van der Waals surface area contributed by atoms with E-state index in [9.17, 15) is 18.0 Å². The lowest BCUT2D eigenvalue weighted by Gasteiger charge is -2.38. The van der Waals surface area contributed by atoms with Crippen LogP contribution in [-0.4, -0.2) is 36.6 Å². The summed E-state index contributed by atoms with van der Waals surface area (Å²) in [6, 6.07) is 5.70. The Morgan fingerprint density at radius 3 is 2.33 bits per heavy atom. The van der Waals surface area contributed by atoms with Crippen LogP contribution in [0.25, 0.3) is 0 Å². The minimum absolute atomic E-state index is 0.0166. The zero-order valence-electron chi connectivity index (χ0n) is 11.6. The molecule has 0 spiro atoms. The molecule has 1 heterocycles. The SMILES string of the molecule is CC1(C)C(=O)NC(=O)CN1S(=O)(=O)c1ccc(NN)cc1. The molecule has 9 heteroatoms. The molecule has 1 aliphatic heterocycles. The van der Waals surface area contributed by atoms with E-state index in [-0.39, 0.29) is 4.90 Å². The molecule has 1 aliphatic rings. The first-order chi connectivity index (χ1) is 9.69. The number of nitrogens with one attached hydrogen (secondary N) is 2. The Kier molecular flexibility index (Phi) is 3.74. The third-order valence-corrected chi connectivity index (χ3v) is 5.36. The van der Waals surface area contributed by atoms with E-state index in [1.807, 2.05) is 0 Å². The lowest BCUT2D eigenvalue weighted by atomic mass is 10.0. The van der Waals surface area contributed by atoms with Crippen LogP contribution in [0, 0.1) is 0 Å². The van der Waals surface area contributed by atoms with E-state index in [4.69, 9.17) is 5.84 Å². The van der Waals surface area contributed by atoms with Gasteiger partial charge >= 0.3 is 0 Å². The topological polar surface area (TPSA) is 122 Å². The van der Waals surface area contributed by atoms with Crippen LogP contribution in [0.1, 0.15) is 13.8 Å². The van der Waals surface area contributed by atoms with Gasteiger partial charge in [-0.3, -0.25) is 20.7 Å². The number of imide groups is 1. The van der Waals surface area contributed by atoms with Gasteiger partial charge in [0.1, 0.15) is 5.54 Å². The van der Waals surface area contributed by atoms with Crippen molar-refractivity contribution in [2.24, 2.45) is 5.84 Å². The second kappa shape index (κ2) is 5.10. The molecule has 2 rings (SSSR count). The lowest BCUT2D eigenvalue weighted by Crippen LogP contribution is -2.65. The summed E-state index contributed by atoms with van der Waals surface area (Å²) in [5, 5.41) is 2.13. The number of amides is 2. The van der Waals surface area contributed by atoms with Crippen LogP contribution in [0.2, 0.25) is 0 Å². The van der Waals surface area contributed by atoms with Crippen molar-refractivity contribution >= 4 is 27.5 Å². The fraction of sp³-hybridized carbons (Fsp3) is 0.333. The van der Waals surface area contributed by atoms with Gasteiger partial charge in [0.2, 0.25) is 21.8 Å². The average molecular weight is 312 g/mol. The number of piperazine rings is 1. The van der Waals surface area contributed by atoms with E-state index in [2.05, 4.69) is 10.7 Å². The smallest absolute Gasteiger partial charge is 0.247 e. The Hall–Kier alpha value is -1.97. The van der Waals surface area contributed by atoms with Crippen LogP contribution in [0.4, 0.5) is 5.69 Å². The molecule has 1 fully saturated rings. The molecule has 1 saturated heterocycles. The molecule has 8 nitrogen and oxygen atoms in total. The summed E-state index contributed by atoms with van der Waals surface area (Å²) in [6.07, 6.45) is 0. The van der Waals surface area contributed by atoms with Gasteiger partial charge in [0.25, 0.3) is 0 Å². The summed E-state index contributed by atoms with van der Waals surface area (Å²) < 4.78 is 26.2. The number of nitrogens with zero attached hydrogens (tertiary/aromatic N) is 1. The van der Waals surface area contributed by atoms with Crippen molar-refractivity contribution in [3.05, 3.63) is 24.3 Å². The van der Waals surface area contributed by atoms with Gasteiger partial charge in [-0.05, 0) is 38.1 Å². The highest BCUT2D eigenvalue weighted by Crippen LogP contribution is 2.27. The standard InChI is InChI=1S/C12H16N4O4S/c1-12(2)11(18)14-10(17)7-16(12)21(19,20)9-5-3-8(15-13)4-6-9/h3-6,15H,7,13H2,1-2H3,(H,14,17,18). The maximum atomic E-state index is 12.6. The fourth-order valence-corrected chi connectivity index (χ4v) is 3.70. The minimum Gasteiger partial charge on any atom is -0.324 e. The Balaban J connectivity index is 2.45. The molecule has 0 bridgehead atoms. The molecule has 0 atom stereocenters. The summed E-state index contributed by atoms with van der Waals surface area (Å²) in [5.74, 6) is 3.92. The van der Waals surface area contributed by atoms with Crippen molar-refractivity contribution in [3.63, 3.8) is 0 Å². The average Bonchev–Trinajstić information content (AvgIpc) is 2.43. The van der Waals surface area contributed by atoms with Gasteiger partial charge in [-0.15, -0.1) is 0 Å². The number of carbonyl (C=O) groups is 2. The first-order valence-corrected chi connectivity index (χ1v) is 7.57. The van der Waals surface area contributed by atoms with Gasteiger partial charge in [-0.1, -0.05) is 0 Å². The van der Waals surface area contributed by atoms with Crippen molar-refractivity contribution in [2.75, 3.05) is 12.0 Å². The summed E-state index contributed by atoms with van der Waals surface area (Å²) in [6.45, 7) is 2.49. The number of rotatable bonds is 3. The molecular weight excluding hydrogens is 296 g/mol. The van der Waals surface area contributed by atoms with Crippen molar-refractivity contribution in [1.82, 2.24) is 9.62 Å². The number of benzene rings is 1. The predicted octanol–water partition coefficient (Wildman–Crippen LogP) is -0.602. The number of sulfonamides is 1. The number of anilines is 1. The number of hydrazine groups is 1. The van der Waals surface area contributed by atoms with E-state index in [1.165, 1.54) is 38.1 Å². The molecule has 21 heavy (non-hydrogen) atoms. The number of hydrogen-bond donors (Lipinski definition) is 3. The number of hydrogen-bond acceptors (Lipinski definition) is 6. The molecule has 0 radical (unpaired) electrons. The second-order valence-corrected chi connectivity index (χ2v) is 6.98. The molecule has 4 N–H and O–H groups in total. The Labute approximate surface area is 122 Å². The highest BCUT2D eigenvalue weighted by atomic mass is 32.2. The van der Waals surface area contributed by atoms with E-state index < -0.39 is 33.9 Å². The van der Waals surface area contributed by atoms with Crippen LogP contribution in [-0.2, 0) is 19.6 Å². The van der Waals surface area contributed by atoms with Crippen LogP contribution < -0.4 is 16.6 Å². The first-order valence-electron chi connectivity index (χ1n) is 6.13. The van der Waals surface area contributed by atoms with Gasteiger partial charge in [0, 0.05) is 5.69 Å². The molecule has 1 aromatic carbocycles. The van der Waals surface area contributed by atoms with Crippen LogP contribution in [0.5, 0.6) is 0 Å². The van der Waals surface area contributed by atoms with Gasteiger partial charge in [-0.25, -0.2) is 8.42 Å². The Bertz CT molecular complexity index is 682. The molecule has 2 amide bonds. The zero-order chi connectivity index (χ0) is 15.8. The maximum absolute atomic E-state index is 12.6. The van der Waals surface area contributed by atoms with Gasteiger partial charge in [-0.2, -0.15) is 4.31 Å². The summed E-state index contributed by atoms with van der Waals surface area (Å²) in [4.78, 5) is 23.3. The lowest BCUT2D eigenvalue weighted by molar-refractivity contribution is -0.141. The summed E-state index contributed by atoms with van der Waals surface area (Å²) in [7, 11) is -3.98. The number of nitrogens with two attached hydrogens (primary N) is 1. The van der Waals surface area contributed by atoms with E-state index >= 15 is 0 Å². The first kappa shape index (κ1) is 15.4. The van der Waals surface area contributed by atoms with Gasteiger partial charge in [0.15, 0.2) is 0 Å². The third-order valence-electron chi connectivity index (χ3n) is 3.33. The number of carbonyl (C=O) groups excluding carboxylic acids is 2. The minimum atomic E-state index is -3.98. The molecule has 0 aliphatic carbocycles. The van der Waals surface area contributed by atoms with Crippen molar-refractivity contribution in [2.45, 2.75) is 24.3 Å². The van der Waals surface area contributed by atoms with Crippen LogP contribution in [0.3, 0.4) is 0 Å². The summed E-state index contributed by atoms with van der Waals surface area (Å²) >= 11 is 0. The monoisotopic (exact) mass is 312 g/mol. The number of nitrogen functional groups attached to an aromatic ring is 1. The third kappa shape index (κ3) is 2.62. The quantitative estimate of drug-likeness (QED) is 0.389. The summed E-state index contributed by atoms with van der Waals surface area (Å²) in [5.41, 5.74) is 1.58. The van der Waals surface area contributed by atoms with E-state index in [0.717, 1.165) is 4.31 Å². The molecule has 0 unspecified atom stereocenters. The molecule has 1 aromatic rings. The maximum Gasteiger partial charge on any atom is 0.247 e. The predicted molar refractivity (Wildman–Crippen MR) is 75.4 cm³/mol. The van der Waals surface area contributed by atoms with Gasteiger partial charge in [0.05, 0.1) is 11.4 Å². The highest BCUT2D eigenvalue weighted by molar-refractivity contribution is 7.89. The van der Waals surface area contributed by atoms with Crippen molar-refractivity contribution in [1.29, 1.82) is 0 Å². The molecular formula is C12H16N4O4S. The molecule has 0 saturated carbocycles. The Morgan fingerprint density at radius 1 is 1.24 bits per heavy atom. The fourth-order valence-electron chi connectivity index (χ4n) is 2.00. The van der Waals surface area contributed by atoms with E-state index in [0.29, 0.717) is 5.69 Å². The molecule has 114 valence electrons.